The number of hydrogen-bond acceptors (Lipinski definition) is 4. The number of anilines is 1. The van der Waals surface area contributed by atoms with Gasteiger partial charge in [0.15, 0.2) is 0 Å². The molecular weight excluding hydrogens is 254 g/mol. The Bertz CT molecular complexity index is 561. The van der Waals surface area contributed by atoms with Crippen LogP contribution in [0.4, 0.5) is 11.4 Å². The number of nitriles is 1. The molecule has 0 aromatic heterocycles. The second-order valence-corrected chi connectivity index (χ2v) is 6.08. The fraction of sp³-hybridized carbons (Fsp3) is 0.533. The van der Waals surface area contributed by atoms with Gasteiger partial charge in [0.05, 0.1) is 16.2 Å². The lowest BCUT2D eigenvalue weighted by Crippen LogP contribution is -2.25. The fourth-order valence-corrected chi connectivity index (χ4v) is 2.67. The van der Waals surface area contributed by atoms with E-state index in [1.165, 1.54) is 18.6 Å². The summed E-state index contributed by atoms with van der Waals surface area (Å²) in [5, 5.41) is 20.0. The van der Waals surface area contributed by atoms with Crippen molar-refractivity contribution in [1.29, 1.82) is 5.26 Å². The molecule has 5 heteroatoms. The van der Waals surface area contributed by atoms with Crippen LogP contribution >= 0.6 is 0 Å². The molecule has 1 aromatic carbocycles. The summed E-state index contributed by atoms with van der Waals surface area (Å²) in [5.41, 5.74) is 1.50. The van der Waals surface area contributed by atoms with Gasteiger partial charge in [0.2, 0.25) is 0 Å². The minimum absolute atomic E-state index is 0.0274. The fourth-order valence-electron chi connectivity index (χ4n) is 2.67. The van der Waals surface area contributed by atoms with Crippen molar-refractivity contribution < 1.29 is 4.92 Å². The summed E-state index contributed by atoms with van der Waals surface area (Å²) >= 11 is 0. The first-order chi connectivity index (χ1) is 9.43. The summed E-state index contributed by atoms with van der Waals surface area (Å²) in [6.07, 6.45) is 3.31. The molecule has 0 amide bonds. The van der Waals surface area contributed by atoms with Crippen molar-refractivity contribution in [3.63, 3.8) is 0 Å². The molecule has 5 nitrogen and oxygen atoms in total. The highest BCUT2D eigenvalue weighted by Crippen LogP contribution is 2.33. The molecule has 1 aliphatic heterocycles. The van der Waals surface area contributed by atoms with Crippen LogP contribution in [0.2, 0.25) is 0 Å². The van der Waals surface area contributed by atoms with Crippen LogP contribution < -0.4 is 4.90 Å². The SMILES string of the molecule is CC1(C)CCCN(c2ccc([N+](=O)[O-])cc2C#N)CC1. The van der Waals surface area contributed by atoms with Crippen molar-refractivity contribution in [3.8, 4) is 6.07 Å². The molecule has 0 saturated carbocycles. The van der Waals surface area contributed by atoms with Gasteiger partial charge in [0.1, 0.15) is 6.07 Å². The number of non-ortho nitro benzene ring substituents is 1. The van der Waals surface area contributed by atoms with Crippen LogP contribution in [0.3, 0.4) is 0 Å². The third kappa shape index (κ3) is 3.08. The van der Waals surface area contributed by atoms with E-state index in [1.807, 2.05) is 0 Å². The number of benzene rings is 1. The summed E-state index contributed by atoms with van der Waals surface area (Å²) in [4.78, 5) is 12.5. The van der Waals surface area contributed by atoms with Gasteiger partial charge in [-0.25, -0.2) is 0 Å². The topological polar surface area (TPSA) is 70.2 Å². The smallest absolute Gasteiger partial charge is 0.270 e. The Kier molecular flexibility index (Phi) is 3.93. The first-order valence-corrected chi connectivity index (χ1v) is 6.86. The molecule has 0 atom stereocenters. The Morgan fingerprint density at radius 1 is 1.35 bits per heavy atom. The quantitative estimate of drug-likeness (QED) is 0.611. The number of nitrogens with zero attached hydrogens (tertiary/aromatic N) is 3. The van der Waals surface area contributed by atoms with Crippen molar-refractivity contribution in [2.75, 3.05) is 18.0 Å². The Morgan fingerprint density at radius 3 is 2.75 bits per heavy atom. The Hall–Kier alpha value is -2.09. The van der Waals surface area contributed by atoms with Gasteiger partial charge in [-0.1, -0.05) is 13.8 Å². The van der Waals surface area contributed by atoms with Gasteiger partial charge in [-0.15, -0.1) is 0 Å². The summed E-state index contributed by atoms with van der Waals surface area (Å²) in [6.45, 7) is 6.31. The van der Waals surface area contributed by atoms with E-state index in [2.05, 4.69) is 24.8 Å². The number of nitro benzene ring substituents is 1. The highest BCUT2D eigenvalue weighted by atomic mass is 16.6. The molecule has 2 rings (SSSR count). The third-order valence-corrected chi connectivity index (χ3v) is 3.99. The van der Waals surface area contributed by atoms with E-state index in [9.17, 15) is 15.4 Å². The minimum atomic E-state index is -0.462. The van der Waals surface area contributed by atoms with Gasteiger partial charge >= 0.3 is 0 Å². The van der Waals surface area contributed by atoms with E-state index in [0.717, 1.165) is 31.6 Å². The van der Waals surface area contributed by atoms with E-state index in [1.54, 1.807) is 6.07 Å². The Morgan fingerprint density at radius 2 is 2.10 bits per heavy atom. The van der Waals surface area contributed by atoms with Crippen LogP contribution in [0.5, 0.6) is 0 Å². The molecule has 20 heavy (non-hydrogen) atoms. The van der Waals surface area contributed by atoms with E-state index in [-0.39, 0.29) is 5.69 Å². The normalized spacial score (nSPS) is 18.1. The zero-order valence-electron chi connectivity index (χ0n) is 11.9. The van der Waals surface area contributed by atoms with Gasteiger partial charge in [-0.05, 0) is 30.7 Å². The van der Waals surface area contributed by atoms with Crippen molar-refractivity contribution in [2.24, 2.45) is 5.41 Å². The third-order valence-electron chi connectivity index (χ3n) is 3.99. The number of nitro groups is 1. The molecular formula is C15H19N3O2. The summed E-state index contributed by atoms with van der Waals surface area (Å²) in [5.74, 6) is 0. The Labute approximate surface area is 119 Å². The zero-order chi connectivity index (χ0) is 14.8. The maximum absolute atomic E-state index is 10.8. The molecule has 1 fully saturated rings. The Balaban J connectivity index is 2.29. The largest absolute Gasteiger partial charge is 0.370 e. The van der Waals surface area contributed by atoms with Crippen LogP contribution in [-0.4, -0.2) is 18.0 Å². The lowest BCUT2D eigenvalue weighted by Gasteiger charge is -2.25. The second kappa shape index (κ2) is 5.49. The van der Waals surface area contributed by atoms with Gasteiger partial charge in [0.25, 0.3) is 5.69 Å². The zero-order valence-corrected chi connectivity index (χ0v) is 11.9. The number of hydrogen-bond donors (Lipinski definition) is 0. The van der Waals surface area contributed by atoms with Crippen molar-refractivity contribution in [2.45, 2.75) is 33.1 Å². The summed E-state index contributed by atoms with van der Waals surface area (Å²) in [6, 6.07) is 6.63. The van der Waals surface area contributed by atoms with Crippen LogP contribution in [0, 0.1) is 26.9 Å². The van der Waals surface area contributed by atoms with Crippen molar-refractivity contribution in [1.82, 2.24) is 0 Å². The highest BCUT2D eigenvalue weighted by Gasteiger charge is 2.24. The van der Waals surface area contributed by atoms with Crippen LogP contribution in [0.1, 0.15) is 38.7 Å². The lowest BCUT2D eigenvalue weighted by atomic mass is 9.85. The lowest BCUT2D eigenvalue weighted by molar-refractivity contribution is -0.384. The predicted molar refractivity (Wildman–Crippen MR) is 77.7 cm³/mol. The first-order valence-electron chi connectivity index (χ1n) is 6.86. The average Bonchev–Trinajstić information content (AvgIpc) is 2.59. The maximum Gasteiger partial charge on any atom is 0.270 e. The van der Waals surface area contributed by atoms with E-state index in [0.29, 0.717) is 11.0 Å². The van der Waals surface area contributed by atoms with Crippen LogP contribution in [0.25, 0.3) is 0 Å². The monoisotopic (exact) mass is 273 g/mol. The van der Waals surface area contributed by atoms with Crippen LogP contribution in [0.15, 0.2) is 18.2 Å². The van der Waals surface area contributed by atoms with Gasteiger partial charge in [0, 0.05) is 25.2 Å². The van der Waals surface area contributed by atoms with Gasteiger partial charge in [-0.2, -0.15) is 5.26 Å². The number of rotatable bonds is 2. The molecule has 0 radical (unpaired) electrons. The molecule has 0 bridgehead atoms. The van der Waals surface area contributed by atoms with Gasteiger partial charge < -0.3 is 4.90 Å². The second-order valence-electron chi connectivity index (χ2n) is 6.08. The molecule has 1 aromatic rings. The first kappa shape index (κ1) is 14.3. The van der Waals surface area contributed by atoms with E-state index in [4.69, 9.17) is 0 Å². The van der Waals surface area contributed by atoms with Crippen LogP contribution in [-0.2, 0) is 0 Å². The summed E-state index contributed by atoms with van der Waals surface area (Å²) in [7, 11) is 0. The minimum Gasteiger partial charge on any atom is -0.370 e. The predicted octanol–water partition coefficient (Wildman–Crippen LogP) is 3.48. The van der Waals surface area contributed by atoms with Crippen molar-refractivity contribution >= 4 is 11.4 Å². The maximum atomic E-state index is 10.8. The van der Waals surface area contributed by atoms with E-state index < -0.39 is 4.92 Å². The summed E-state index contributed by atoms with van der Waals surface area (Å²) < 4.78 is 0. The standard InChI is InChI=1S/C15H19N3O2/c1-15(2)6-3-8-17(9-7-15)14-5-4-13(18(19)20)10-12(14)11-16/h4-5,10H,3,6-9H2,1-2H3. The molecule has 0 spiro atoms. The molecule has 1 heterocycles. The van der Waals surface area contributed by atoms with Crippen molar-refractivity contribution in [3.05, 3.63) is 33.9 Å². The highest BCUT2D eigenvalue weighted by molar-refractivity contribution is 5.63. The molecule has 0 unspecified atom stereocenters. The van der Waals surface area contributed by atoms with E-state index >= 15 is 0 Å². The molecule has 1 aliphatic rings. The average molecular weight is 273 g/mol. The molecule has 1 saturated heterocycles. The molecule has 106 valence electrons. The molecule has 0 N–H and O–H groups in total. The van der Waals surface area contributed by atoms with Gasteiger partial charge in [-0.3, -0.25) is 10.1 Å². The molecule has 0 aliphatic carbocycles.